The average Bonchev–Trinajstić information content (AvgIpc) is 2.31. The first-order chi connectivity index (χ1) is 7.68. The summed E-state index contributed by atoms with van der Waals surface area (Å²) in [5.41, 5.74) is 8.13. The van der Waals surface area contributed by atoms with Gasteiger partial charge < -0.3 is 5.73 Å². The Morgan fingerprint density at radius 2 is 1.75 bits per heavy atom. The van der Waals surface area contributed by atoms with E-state index in [9.17, 15) is 0 Å². The Morgan fingerprint density at radius 1 is 1.06 bits per heavy atom. The van der Waals surface area contributed by atoms with E-state index in [1.165, 1.54) is 0 Å². The summed E-state index contributed by atoms with van der Waals surface area (Å²) in [5, 5.41) is 0. The zero-order chi connectivity index (χ0) is 11.4. The van der Waals surface area contributed by atoms with E-state index in [1.807, 2.05) is 43.3 Å². The van der Waals surface area contributed by atoms with Gasteiger partial charge in [0.2, 0.25) is 0 Å². The van der Waals surface area contributed by atoms with Gasteiger partial charge in [-0.1, -0.05) is 36.4 Å². The normalized spacial score (nSPS) is 14.4. The lowest BCUT2D eigenvalue weighted by molar-refractivity contribution is 0.485. The minimum Gasteiger partial charge on any atom is -0.321 e. The van der Waals surface area contributed by atoms with Crippen molar-refractivity contribution in [3.05, 3.63) is 66.0 Å². The molecule has 1 aromatic heterocycles. The molecule has 0 amide bonds. The van der Waals surface area contributed by atoms with Crippen LogP contribution in [0.25, 0.3) is 0 Å². The molecule has 2 nitrogen and oxygen atoms in total. The van der Waals surface area contributed by atoms with Crippen LogP contribution in [0.5, 0.6) is 0 Å². The predicted molar refractivity (Wildman–Crippen MR) is 65.9 cm³/mol. The molecule has 0 radical (unpaired) electrons. The van der Waals surface area contributed by atoms with Gasteiger partial charge in [0.25, 0.3) is 0 Å². The van der Waals surface area contributed by atoms with Gasteiger partial charge in [0, 0.05) is 23.9 Å². The largest absolute Gasteiger partial charge is 0.321 e. The molecule has 1 unspecified atom stereocenters. The van der Waals surface area contributed by atoms with Crippen molar-refractivity contribution in [2.45, 2.75) is 18.9 Å². The summed E-state index contributed by atoms with van der Waals surface area (Å²) >= 11 is 0. The molecule has 0 saturated carbocycles. The maximum atomic E-state index is 6.33. The molecular formula is C14H16N2. The van der Waals surface area contributed by atoms with E-state index in [0.29, 0.717) is 0 Å². The van der Waals surface area contributed by atoms with E-state index >= 15 is 0 Å². The first-order valence-corrected chi connectivity index (χ1v) is 5.43. The number of benzene rings is 1. The summed E-state index contributed by atoms with van der Waals surface area (Å²) in [4.78, 5) is 4.31. The van der Waals surface area contributed by atoms with Crippen molar-refractivity contribution in [1.82, 2.24) is 4.98 Å². The van der Waals surface area contributed by atoms with Crippen molar-refractivity contribution >= 4 is 0 Å². The van der Waals surface area contributed by atoms with Crippen molar-refractivity contribution < 1.29 is 0 Å². The van der Waals surface area contributed by atoms with E-state index in [4.69, 9.17) is 5.73 Å². The summed E-state index contributed by atoms with van der Waals surface area (Å²) in [6, 6.07) is 16.1. The van der Waals surface area contributed by atoms with Crippen LogP contribution in [0.15, 0.2) is 54.7 Å². The molecule has 1 atom stereocenters. The maximum Gasteiger partial charge on any atom is 0.0436 e. The zero-order valence-electron chi connectivity index (χ0n) is 9.43. The van der Waals surface area contributed by atoms with Crippen LogP contribution in [-0.2, 0) is 12.0 Å². The summed E-state index contributed by atoms with van der Waals surface area (Å²) in [5.74, 6) is 0. The molecule has 0 aliphatic rings. The van der Waals surface area contributed by atoms with Crippen LogP contribution in [0.4, 0.5) is 0 Å². The molecule has 0 aliphatic heterocycles. The average molecular weight is 212 g/mol. The number of hydrogen-bond acceptors (Lipinski definition) is 2. The van der Waals surface area contributed by atoms with Crippen LogP contribution in [0.3, 0.4) is 0 Å². The van der Waals surface area contributed by atoms with Crippen LogP contribution in [0.1, 0.15) is 18.2 Å². The number of hydrogen-bond donors (Lipinski definition) is 1. The van der Waals surface area contributed by atoms with Gasteiger partial charge in [0.1, 0.15) is 0 Å². The smallest absolute Gasteiger partial charge is 0.0436 e. The van der Waals surface area contributed by atoms with Crippen LogP contribution in [0.2, 0.25) is 0 Å². The van der Waals surface area contributed by atoms with E-state index < -0.39 is 0 Å². The van der Waals surface area contributed by atoms with Gasteiger partial charge in [-0.2, -0.15) is 0 Å². The Hall–Kier alpha value is -1.67. The fraction of sp³-hybridized carbons (Fsp3) is 0.214. The second-order valence-corrected chi connectivity index (χ2v) is 4.28. The molecule has 1 heterocycles. The lowest BCUT2D eigenvalue weighted by Crippen LogP contribution is -2.35. The maximum absolute atomic E-state index is 6.33. The molecule has 82 valence electrons. The number of nitrogens with two attached hydrogens (primary N) is 1. The number of rotatable bonds is 3. The van der Waals surface area contributed by atoms with E-state index in [2.05, 4.69) is 17.1 Å². The summed E-state index contributed by atoms with van der Waals surface area (Å²) in [6.07, 6.45) is 2.55. The fourth-order valence-corrected chi connectivity index (χ4v) is 1.80. The van der Waals surface area contributed by atoms with Gasteiger partial charge in [-0.15, -0.1) is 0 Å². The lowest BCUT2D eigenvalue weighted by atomic mass is 9.88. The molecular weight excluding hydrogens is 196 g/mol. The van der Waals surface area contributed by atoms with Crippen LogP contribution < -0.4 is 5.73 Å². The second kappa shape index (κ2) is 4.45. The molecule has 0 aliphatic carbocycles. The quantitative estimate of drug-likeness (QED) is 0.849. The Kier molecular flexibility index (Phi) is 3.02. The molecule has 1 aromatic carbocycles. The fourth-order valence-electron chi connectivity index (χ4n) is 1.80. The molecule has 16 heavy (non-hydrogen) atoms. The van der Waals surface area contributed by atoms with Crippen LogP contribution in [-0.4, -0.2) is 4.98 Å². The second-order valence-electron chi connectivity index (χ2n) is 4.28. The predicted octanol–water partition coefficient (Wildman–Crippen LogP) is 2.50. The monoisotopic (exact) mass is 212 g/mol. The summed E-state index contributed by atoms with van der Waals surface area (Å²) < 4.78 is 0. The Balaban J connectivity index is 2.21. The number of pyridine rings is 1. The highest BCUT2D eigenvalue weighted by atomic mass is 14.8. The standard InChI is InChI=1S/C14H16N2/c1-14(15,12-7-3-2-4-8-12)11-13-9-5-6-10-16-13/h2-10H,11,15H2,1H3. The highest BCUT2D eigenvalue weighted by Gasteiger charge is 2.21. The van der Waals surface area contributed by atoms with E-state index in [-0.39, 0.29) is 5.54 Å². The van der Waals surface area contributed by atoms with Crippen molar-refractivity contribution in [3.8, 4) is 0 Å². The highest BCUT2D eigenvalue weighted by molar-refractivity contribution is 5.25. The zero-order valence-corrected chi connectivity index (χ0v) is 9.43. The molecule has 0 spiro atoms. The van der Waals surface area contributed by atoms with Gasteiger partial charge in [-0.05, 0) is 24.6 Å². The minimum atomic E-state index is -0.365. The van der Waals surface area contributed by atoms with Crippen LogP contribution >= 0.6 is 0 Å². The molecule has 0 bridgehead atoms. The summed E-state index contributed by atoms with van der Waals surface area (Å²) in [6.45, 7) is 2.04. The molecule has 2 aromatic rings. The number of aromatic nitrogens is 1. The lowest BCUT2D eigenvalue weighted by Gasteiger charge is -2.24. The third kappa shape index (κ3) is 2.47. The van der Waals surface area contributed by atoms with Gasteiger partial charge >= 0.3 is 0 Å². The third-order valence-corrected chi connectivity index (χ3v) is 2.71. The van der Waals surface area contributed by atoms with E-state index in [0.717, 1.165) is 17.7 Å². The topological polar surface area (TPSA) is 38.9 Å². The first-order valence-electron chi connectivity index (χ1n) is 5.43. The third-order valence-electron chi connectivity index (χ3n) is 2.71. The van der Waals surface area contributed by atoms with Crippen molar-refractivity contribution in [3.63, 3.8) is 0 Å². The van der Waals surface area contributed by atoms with Gasteiger partial charge in [0.15, 0.2) is 0 Å². The number of nitrogens with zero attached hydrogens (tertiary/aromatic N) is 1. The van der Waals surface area contributed by atoms with Crippen molar-refractivity contribution in [2.75, 3.05) is 0 Å². The van der Waals surface area contributed by atoms with Crippen molar-refractivity contribution in [2.24, 2.45) is 5.73 Å². The highest BCUT2D eigenvalue weighted by Crippen LogP contribution is 2.21. The molecule has 0 fully saturated rings. The van der Waals surface area contributed by atoms with Gasteiger partial charge in [-0.25, -0.2) is 0 Å². The molecule has 2 rings (SSSR count). The summed E-state index contributed by atoms with van der Waals surface area (Å²) in [7, 11) is 0. The molecule has 0 saturated heterocycles. The SMILES string of the molecule is CC(N)(Cc1ccccn1)c1ccccc1. The van der Waals surface area contributed by atoms with Crippen molar-refractivity contribution in [1.29, 1.82) is 0 Å². The van der Waals surface area contributed by atoms with Gasteiger partial charge in [-0.3, -0.25) is 4.98 Å². The Morgan fingerprint density at radius 3 is 2.38 bits per heavy atom. The molecule has 2 heteroatoms. The Bertz CT molecular complexity index is 435. The Labute approximate surface area is 96.1 Å². The van der Waals surface area contributed by atoms with Crippen LogP contribution in [0, 0.1) is 0 Å². The van der Waals surface area contributed by atoms with E-state index in [1.54, 1.807) is 6.20 Å². The first kappa shape index (κ1) is 10.8. The van der Waals surface area contributed by atoms with Gasteiger partial charge in [0.05, 0.1) is 0 Å². The minimum absolute atomic E-state index is 0.365. The molecule has 2 N–H and O–H groups in total.